The predicted octanol–water partition coefficient (Wildman–Crippen LogP) is 1.01. The molecule has 0 amide bonds. The molecule has 2 heteroatoms. The first kappa shape index (κ1) is 5.03. The van der Waals surface area contributed by atoms with E-state index in [0.29, 0.717) is 0 Å². The highest BCUT2D eigenvalue weighted by atomic mass is 15.2. The zero-order chi connectivity index (χ0) is 6.10. The molecule has 0 fully saturated rings. The molecule has 0 saturated heterocycles. The first-order chi connectivity index (χ1) is 4.47. The molecule has 2 aliphatic heterocycles. The number of nitrogens with zero attached hydrogens (tertiary/aromatic N) is 2. The fourth-order valence-corrected chi connectivity index (χ4v) is 1.30. The molecule has 0 aromatic carbocycles. The van der Waals surface area contributed by atoms with Crippen LogP contribution in [0.25, 0.3) is 0 Å². The van der Waals surface area contributed by atoms with Crippen LogP contribution in [0.3, 0.4) is 0 Å². The topological polar surface area (TPSA) is 15.6 Å². The summed E-state index contributed by atoms with van der Waals surface area (Å²) in [5.41, 5.74) is 0. The van der Waals surface area contributed by atoms with Gasteiger partial charge in [0.1, 0.15) is 5.84 Å². The fraction of sp³-hybridized carbons (Fsp3) is 0.571. The Morgan fingerprint density at radius 1 is 1.56 bits per heavy atom. The SMILES string of the molecule is C1=CN2CCN=C2CC1. The molecule has 2 heterocycles. The summed E-state index contributed by atoms with van der Waals surface area (Å²) in [6.07, 6.45) is 6.69. The Labute approximate surface area is 54.9 Å². The van der Waals surface area contributed by atoms with Gasteiger partial charge in [0.2, 0.25) is 0 Å². The Bertz CT molecular complexity index is 170. The number of amidine groups is 1. The van der Waals surface area contributed by atoms with Gasteiger partial charge in [-0.25, -0.2) is 0 Å². The average molecular weight is 122 g/mol. The second kappa shape index (κ2) is 1.87. The fourth-order valence-electron chi connectivity index (χ4n) is 1.30. The van der Waals surface area contributed by atoms with Gasteiger partial charge in [-0.05, 0) is 6.42 Å². The van der Waals surface area contributed by atoms with E-state index in [1.54, 1.807) is 0 Å². The molecule has 9 heavy (non-hydrogen) atoms. The van der Waals surface area contributed by atoms with Gasteiger partial charge in [0.05, 0.1) is 6.54 Å². The van der Waals surface area contributed by atoms with E-state index >= 15 is 0 Å². The maximum atomic E-state index is 4.35. The van der Waals surface area contributed by atoms with Crippen LogP contribution in [0.4, 0.5) is 0 Å². The van der Waals surface area contributed by atoms with E-state index in [4.69, 9.17) is 0 Å². The monoisotopic (exact) mass is 122 g/mol. The molecule has 2 rings (SSSR count). The number of aliphatic imine (C=N–C) groups is 1. The van der Waals surface area contributed by atoms with E-state index < -0.39 is 0 Å². The number of rotatable bonds is 0. The van der Waals surface area contributed by atoms with Gasteiger partial charge in [-0.2, -0.15) is 0 Å². The van der Waals surface area contributed by atoms with Crippen LogP contribution in [-0.4, -0.2) is 23.8 Å². The molecule has 0 spiro atoms. The van der Waals surface area contributed by atoms with Gasteiger partial charge >= 0.3 is 0 Å². The summed E-state index contributed by atoms with van der Waals surface area (Å²) < 4.78 is 0. The lowest BCUT2D eigenvalue weighted by atomic mass is 10.2. The smallest absolute Gasteiger partial charge is 0.103 e. The van der Waals surface area contributed by atoms with Crippen molar-refractivity contribution in [1.29, 1.82) is 0 Å². The van der Waals surface area contributed by atoms with E-state index in [0.717, 1.165) is 19.5 Å². The minimum absolute atomic E-state index is 1.000. The number of hydrogen-bond donors (Lipinski definition) is 0. The summed E-state index contributed by atoms with van der Waals surface area (Å²) in [6.45, 7) is 2.10. The van der Waals surface area contributed by atoms with E-state index in [1.165, 1.54) is 12.3 Å². The molecule has 0 saturated carbocycles. The standard InChI is InChI=1S/C7H10N2/c1-2-5-9-6-4-8-7(9)3-1/h2,5H,1,3-4,6H2. The van der Waals surface area contributed by atoms with Crippen molar-refractivity contribution in [3.63, 3.8) is 0 Å². The second-order valence-electron chi connectivity index (χ2n) is 2.41. The van der Waals surface area contributed by atoms with Crippen molar-refractivity contribution >= 4 is 5.84 Å². The highest BCUT2D eigenvalue weighted by Crippen LogP contribution is 2.12. The Hall–Kier alpha value is -0.790. The molecule has 2 aliphatic rings. The Morgan fingerprint density at radius 3 is 3.44 bits per heavy atom. The summed E-state index contributed by atoms with van der Waals surface area (Å²) in [5, 5.41) is 0. The van der Waals surface area contributed by atoms with Crippen molar-refractivity contribution in [3.05, 3.63) is 12.3 Å². The van der Waals surface area contributed by atoms with Crippen LogP contribution in [0.1, 0.15) is 12.8 Å². The third-order valence-electron chi connectivity index (χ3n) is 1.79. The third-order valence-corrected chi connectivity index (χ3v) is 1.79. The summed E-state index contributed by atoms with van der Waals surface area (Å²) in [4.78, 5) is 6.59. The molecule has 0 aliphatic carbocycles. The summed E-state index contributed by atoms with van der Waals surface area (Å²) >= 11 is 0. The zero-order valence-electron chi connectivity index (χ0n) is 5.38. The van der Waals surface area contributed by atoms with Crippen molar-refractivity contribution in [2.24, 2.45) is 4.99 Å². The van der Waals surface area contributed by atoms with Crippen LogP contribution < -0.4 is 0 Å². The van der Waals surface area contributed by atoms with Crippen LogP contribution in [0.5, 0.6) is 0 Å². The average Bonchev–Trinajstić information content (AvgIpc) is 2.33. The molecule has 48 valence electrons. The maximum absolute atomic E-state index is 4.35. The molecule has 0 N–H and O–H groups in total. The van der Waals surface area contributed by atoms with Crippen LogP contribution >= 0.6 is 0 Å². The van der Waals surface area contributed by atoms with Gasteiger partial charge in [-0.3, -0.25) is 4.99 Å². The molecule has 0 radical (unpaired) electrons. The lowest BCUT2D eigenvalue weighted by Crippen LogP contribution is -2.23. The third kappa shape index (κ3) is 0.745. The number of hydrogen-bond acceptors (Lipinski definition) is 2. The number of fused-ring (bicyclic) bond motifs is 1. The second-order valence-corrected chi connectivity index (χ2v) is 2.41. The minimum Gasteiger partial charge on any atom is -0.335 e. The Morgan fingerprint density at radius 2 is 2.56 bits per heavy atom. The van der Waals surface area contributed by atoms with Crippen LogP contribution in [0, 0.1) is 0 Å². The predicted molar refractivity (Wildman–Crippen MR) is 37.4 cm³/mol. The molecule has 0 atom stereocenters. The lowest BCUT2D eigenvalue weighted by Gasteiger charge is -2.18. The summed E-state index contributed by atoms with van der Waals surface area (Å²) in [6, 6.07) is 0. The Balaban J connectivity index is 2.23. The first-order valence-corrected chi connectivity index (χ1v) is 3.43. The van der Waals surface area contributed by atoms with Crippen molar-refractivity contribution in [3.8, 4) is 0 Å². The normalized spacial score (nSPS) is 24.0. The largest absolute Gasteiger partial charge is 0.335 e. The molecular formula is C7H10N2. The van der Waals surface area contributed by atoms with Gasteiger partial charge in [-0.15, -0.1) is 0 Å². The van der Waals surface area contributed by atoms with E-state index in [-0.39, 0.29) is 0 Å². The van der Waals surface area contributed by atoms with Crippen LogP contribution in [0.15, 0.2) is 17.3 Å². The lowest BCUT2D eigenvalue weighted by molar-refractivity contribution is 0.583. The van der Waals surface area contributed by atoms with Crippen molar-refractivity contribution in [2.45, 2.75) is 12.8 Å². The van der Waals surface area contributed by atoms with Crippen molar-refractivity contribution in [1.82, 2.24) is 4.90 Å². The highest BCUT2D eigenvalue weighted by Gasteiger charge is 2.15. The van der Waals surface area contributed by atoms with Gasteiger partial charge in [0.15, 0.2) is 0 Å². The van der Waals surface area contributed by atoms with E-state index in [9.17, 15) is 0 Å². The summed E-state index contributed by atoms with van der Waals surface area (Å²) in [7, 11) is 0. The number of allylic oxidation sites excluding steroid dienone is 1. The Kier molecular flexibility index (Phi) is 1.04. The minimum atomic E-state index is 1.000. The van der Waals surface area contributed by atoms with Crippen molar-refractivity contribution in [2.75, 3.05) is 13.1 Å². The molecular weight excluding hydrogens is 112 g/mol. The van der Waals surface area contributed by atoms with Gasteiger partial charge in [0.25, 0.3) is 0 Å². The quantitative estimate of drug-likeness (QED) is 0.468. The van der Waals surface area contributed by atoms with Gasteiger partial charge in [-0.1, -0.05) is 6.08 Å². The van der Waals surface area contributed by atoms with Gasteiger partial charge < -0.3 is 4.90 Å². The van der Waals surface area contributed by atoms with E-state index in [2.05, 4.69) is 22.2 Å². The first-order valence-electron chi connectivity index (χ1n) is 3.43. The molecule has 0 aromatic heterocycles. The maximum Gasteiger partial charge on any atom is 0.103 e. The molecule has 2 nitrogen and oxygen atoms in total. The highest BCUT2D eigenvalue weighted by molar-refractivity contribution is 5.85. The van der Waals surface area contributed by atoms with Gasteiger partial charge in [0, 0.05) is 19.2 Å². The summed E-state index contributed by atoms with van der Waals surface area (Å²) in [5.74, 6) is 1.29. The van der Waals surface area contributed by atoms with E-state index in [1.807, 2.05) is 0 Å². The zero-order valence-corrected chi connectivity index (χ0v) is 5.38. The molecule has 0 aromatic rings. The van der Waals surface area contributed by atoms with Crippen molar-refractivity contribution < 1.29 is 0 Å². The van der Waals surface area contributed by atoms with Crippen LogP contribution in [-0.2, 0) is 0 Å². The molecule has 0 bridgehead atoms. The van der Waals surface area contributed by atoms with Crippen LogP contribution in [0.2, 0.25) is 0 Å². The molecule has 0 unspecified atom stereocenters.